The number of carbonyl (C=O) groups excluding carboxylic acids is 3. The summed E-state index contributed by atoms with van der Waals surface area (Å²) in [4.78, 5) is 34.4. The quantitative estimate of drug-likeness (QED) is 0.463. The second-order valence-corrected chi connectivity index (χ2v) is 6.60. The third kappa shape index (κ3) is 5.77. The first kappa shape index (κ1) is 20.5. The van der Waals surface area contributed by atoms with Crippen LogP contribution in [0.15, 0.2) is 12.1 Å². The monoisotopic (exact) mass is 351 g/mol. The van der Waals surface area contributed by atoms with Crippen LogP contribution in [0.5, 0.6) is 0 Å². The van der Waals surface area contributed by atoms with E-state index in [2.05, 4.69) is 4.74 Å². The van der Waals surface area contributed by atoms with Crippen molar-refractivity contribution in [2.24, 2.45) is 0 Å². The average Bonchev–Trinajstić information content (AvgIpc) is 2.95. The van der Waals surface area contributed by atoms with Gasteiger partial charge in [-0.3, -0.25) is 9.69 Å². The molecule has 1 aromatic carbocycles. The van der Waals surface area contributed by atoms with Gasteiger partial charge in [0, 0.05) is 13.1 Å². The summed E-state index contributed by atoms with van der Waals surface area (Å²) < 4.78 is 14.0. The van der Waals surface area contributed by atoms with Gasteiger partial charge in [-0.2, -0.15) is 0 Å². The van der Waals surface area contributed by atoms with Crippen molar-refractivity contribution < 1.29 is 28.6 Å². The van der Waals surface area contributed by atoms with Gasteiger partial charge < -0.3 is 14.2 Å². The van der Waals surface area contributed by atoms with Crippen LogP contribution in [0.3, 0.4) is 0 Å². The first-order valence-corrected chi connectivity index (χ1v) is 7.78. The third-order valence-electron chi connectivity index (χ3n) is 3.42. The van der Waals surface area contributed by atoms with E-state index in [9.17, 15) is 9.59 Å². The zero-order valence-corrected chi connectivity index (χ0v) is 15.5. The molecular weight excluding hydrogens is 326 g/mol. The Kier molecular flexibility index (Phi) is 6.97. The summed E-state index contributed by atoms with van der Waals surface area (Å²) in [5, 5.41) is 0. The highest BCUT2D eigenvalue weighted by molar-refractivity contribution is 5.91. The number of methoxy groups -OCH3 is 2. The topological polar surface area (TPSA) is 82.1 Å². The Labute approximate surface area is 147 Å². The Hall–Kier alpha value is -2.57. The fourth-order valence-corrected chi connectivity index (χ4v) is 2.36. The lowest BCUT2D eigenvalue weighted by molar-refractivity contribution is -0.126. The minimum Gasteiger partial charge on any atom is -0.471 e. The summed E-state index contributed by atoms with van der Waals surface area (Å²) in [6, 6.07) is 3.74. The maximum atomic E-state index is 12.1. The first-order valence-electron chi connectivity index (χ1n) is 7.78. The van der Waals surface area contributed by atoms with E-state index in [1.807, 2.05) is 33.8 Å². The van der Waals surface area contributed by atoms with Gasteiger partial charge in [0.15, 0.2) is 0 Å². The molecule has 0 bridgehead atoms. The molecule has 1 aromatic rings. The molecule has 138 valence electrons. The molecule has 0 unspecified atom stereocenters. The molecule has 0 aromatic heterocycles. The van der Waals surface area contributed by atoms with Crippen LogP contribution in [0.4, 0.5) is 4.79 Å². The number of esters is 1. The van der Waals surface area contributed by atoms with Gasteiger partial charge in [-0.25, -0.2) is 9.59 Å². The van der Waals surface area contributed by atoms with Crippen molar-refractivity contribution in [1.29, 1.82) is 0 Å². The predicted molar refractivity (Wildman–Crippen MR) is 91.1 cm³/mol. The number of rotatable bonds is 2. The summed E-state index contributed by atoms with van der Waals surface area (Å²) in [6.45, 7) is 8.72. The van der Waals surface area contributed by atoms with E-state index in [1.165, 1.54) is 14.2 Å². The van der Waals surface area contributed by atoms with Crippen LogP contribution in [-0.2, 0) is 32.1 Å². The van der Waals surface area contributed by atoms with Gasteiger partial charge in [-0.15, -0.1) is 0 Å². The van der Waals surface area contributed by atoms with Gasteiger partial charge in [0.1, 0.15) is 5.60 Å². The molecule has 0 saturated carbocycles. The molecule has 1 aliphatic heterocycles. The fraction of sp³-hybridized carbons (Fsp3) is 0.500. The van der Waals surface area contributed by atoms with E-state index in [0.717, 1.165) is 16.7 Å². The SMILES string of the molecule is COC(=O)c1cc2c(cc1C)CN(C(=O)OC(C)(C)C)C2.COC=O. The fourth-order valence-electron chi connectivity index (χ4n) is 2.36. The number of ether oxygens (including phenoxy) is 3. The Morgan fingerprint density at radius 2 is 1.64 bits per heavy atom. The largest absolute Gasteiger partial charge is 0.471 e. The zero-order chi connectivity index (χ0) is 19.2. The van der Waals surface area contributed by atoms with Crippen LogP contribution in [0, 0.1) is 6.92 Å². The van der Waals surface area contributed by atoms with Crippen molar-refractivity contribution >= 4 is 18.5 Å². The molecule has 7 nitrogen and oxygen atoms in total. The molecule has 0 saturated heterocycles. The number of nitrogens with zero attached hydrogens (tertiary/aromatic N) is 1. The minimum absolute atomic E-state index is 0.337. The van der Waals surface area contributed by atoms with Crippen molar-refractivity contribution in [2.45, 2.75) is 46.4 Å². The number of hydrogen-bond acceptors (Lipinski definition) is 6. The number of benzene rings is 1. The average molecular weight is 351 g/mol. The van der Waals surface area contributed by atoms with Gasteiger partial charge in [-0.05, 0) is 50.5 Å². The molecule has 2 rings (SSSR count). The Morgan fingerprint density at radius 3 is 2.08 bits per heavy atom. The van der Waals surface area contributed by atoms with Gasteiger partial charge in [0.2, 0.25) is 0 Å². The lowest BCUT2D eigenvalue weighted by Gasteiger charge is -2.24. The molecule has 0 N–H and O–H groups in total. The molecule has 1 heterocycles. The highest BCUT2D eigenvalue weighted by Crippen LogP contribution is 2.27. The van der Waals surface area contributed by atoms with Crippen LogP contribution in [0.1, 0.15) is 47.8 Å². The summed E-state index contributed by atoms with van der Waals surface area (Å²) in [5.74, 6) is -0.356. The third-order valence-corrected chi connectivity index (χ3v) is 3.42. The molecular formula is C18H25NO6. The van der Waals surface area contributed by atoms with E-state index in [0.29, 0.717) is 25.1 Å². The van der Waals surface area contributed by atoms with Crippen molar-refractivity contribution in [2.75, 3.05) is 14.2 Å². The van der Waals surface area contributed by atoms with Crippen molar-refractivity contribution in [3.05, 3.63) is 34.4 Å². The summed E-state index contributed by atoms with van der Waals surface area (Å²) >= 11 is 0. The maximum absolute atomic E-state index is 12.1. The molecule has 0 fully saturated rings. The molecule has 1 aliphatic rings. The second kappa shape index (κ2) is 8.50. The van der Waals surface area contributed by atoms with Crippen LogP contribution in [-0.4, -0.2) is 43.3 Å². The predicted octanol–water partition coefficient (Wildman–Crippen LogP) is 2.82. The minimum atomic E-state index is -0.515. The Balaban J connectivity index is 0.000000705. The van der Waals surface area contributed by atoms with E-state index in [4.69, 9.17) is 14.3 Å². The molecule has 0 aliphatic carbocycles. The van der Waals surface area contributed by atoms with Crippen LogP contribution < -0.4 is 0 Å². The number of carbonyl (C=O) groups is 3. The van der Waals surface area contributed by atoms with Gasteiger partial charge in [0.05, 0.1) is 19.8 Å². The van der Waals surface area contributed by atoms with E-state index in [-0.39, 0.29) is 12.1 Å². The van der Waals surface area contributed by atoms with Crippen molar-refractivity contribution in [3.63, 3.8) is 0 Å². The van der Waals surface area contributed by atoms with E-state index in [1.54, 1.807) is 11.0 Å². The summed E-state index contributed by atoms with van der Waals surface area (Å²) in [7, 11) is 2.68. The molecule has 0 radical (unpaired) electrons. The molecule has 7 heteroatoms. The Morgan fingerprint density at radius 1 is 1.12 bits per heavy atom. The number of aryl methyl sites for hydroxylation is 1. The maximum Gasteiger partial charge on any atom is 0.410 e. The highest BCUT2D eigenvalue weighted by atomic mass is 16.6. The van der Waals surface area contributed by atoms with Crippen molar-refractivity contribution in [3.8, 4) is 0 Å². The molecule has 0 spiro atoms. The molecule has 1 amide bonds. The lowest BCUT2D eigenvalue weighted by Crippen LogP contribution is -2.33. The Bertz CT molecular complexity index is 648. The van der Waals surface area contributed by atoms with Crippen LogP contribution in [0.25, 0.3) is 0 Å². The van der Waals surface area contributed by atoms with E-state index < -0.39 is 5.60 Å². The van der Waals surface area contributed by atoms with Gasteiger partial charge in [0.25, 0.3) is 6.47 Å². The second-order valence-electron chi connectivity index (χ2n) is 6.60. The molecule has 25 heavy (non-hydrogen) atoms. The van der Waals surface area contributed by atoms with Crippen LogP contribution in [0.2, 0.25) is 0 Å². The zero-order valence-electron chi connectivity index (χ0n) is 15.5. The highest BCUT2D eigenvalue weighted by Gasteiger charge is 2.29. The van der Waals surface area contributed by atoms with E-state index >= 15 is 0 Å². The standard InChI is InChI=1S/C16H21NO4.C2H4O2/c1-10-6-11-8-17(15(19)21-16(2,3)4)9-12(11)7-13(10)14(18)20-5;1-4-2-3/h6-7H,8-9H2,1-5H3;2H,1H3. The van der Waals surface area contributed by atoms with Crippen molar-refractivity contribution in [1.82, 2.24) is 4.90 Å². The summed E-state index contributed by atoms with van der Waals surface area (Å²) in [5.41, 5.74) is 2.89. The number of fused-ring (bicyclic) bond motifs is 1. The van der Waals surface area contributed by atoms with Gasteiger partial charge >= 0.3 is 12.1 Å². The number of amides is 1. The van der Waals surface area contributed by atoms with Gasteiger partial charge in [-0.1, -0.05) is 6.07 Å². The normalized spacial score (nSPS) is 12.5. The lowest BCUT2D eigenvalue weighted by atomic mass is 10.0. The smallest absolute Gasteiger partial charge is 0.410 e. The number of hydrogen-bond donors (Lipinski definition) is 0. The molecule has 0 atom stereocenters. The van der Waals surface area contributed by atoms with Crippen LogP contribution >= 0.6 is 0 Å². The first-order chi connectivity index (χ1) is 11.6. The summed E-state index contributed by atoms with van der Waals surface area (Å²) in [6.07, 6.45) is -0.337.